The molecule has 0 aromatic heterocycles. The number of aliphatic imine (C=N–C) groups is 1. The number of dihydropyridines is 1. The standard InChI is InChI=1S/C20H23N3O6/c1-11-7-18(22-5-6-28-19(22)26)21-9-14(11)13-3-4-15(16(25)8-13)23-12(2)17(10-24)29-20(23)27/h3-4,8,12,17,24-25H,5-7,9-10H2,1-2H3. The summed E-state index contributed by atoms with van der Waals surface area (Å²) >= 11 is 0. The van der Waals surface area contributed by atoms with Gasteiger partial charge in [0.15, 0.2) is 0 Å². The maximum absolute atomic E-state index is 12.1. The van der Waals surface area contributed by atoms with E-state index in [0.717, 1.165) is 16.7 Å². The van der Waals surface area contributed by atoms with Crippen LogP contribution in [0.3, 0.4) is 0 Å². The van der Waals surface area contributed by atoms with Crippen molar-refractivity contribution in [3.8, 4) is 5.75 Å². The Labute approximate surface area is 167 Å². The van der Waals surface area contributed by atoms with Gasteiger partial charge in [0.2, 0.25) is 0 Å². The van der Waals surface area contributed by atoms with Crippen molar-refractivity contribution in [3.05, 3.63) is 29.3 Å². The van der Waals surface area contributed by atoms with E-state index in [9.17, 15) is 19.8 Å². The van der Waals surface area contributed by atoms with Crippen molar-refractivity contribution >= 4 is 29.3 Å². The van der Waals surface area contributed by atoms with Crippen LogP contribution in [-0.4, -0.2) is 71.6 Å². The average Bonchev–Trinajstić information content (AvgIpc) is 3.24. The molecular weight excluding hydrogens is 378 g/mol. The summed E-state index contributed by atoms with van der Waals surface area (Å²) in [6.07, 6.45) is -1.07. The number of phenols is 1. The molecule has 2 unspecified atom stereocenters. The zero-order valence-corrected chi connectivity index (χ0v) is 16.3. The lowest BCUT2D eigenvalue weighted by Gasteiger charge is -2.24. The van der Waals surface area contributed by atoms with Gasteiger partial charge in [0.1, 0.15) is 24.3 Å². The Hall–Kier alpha value is -3.07. The second-order valence-electron chi connectivity index (χ2n) is 7.35. The number of benzene rings is 1. The first-order valence-corrected chi connectivity index (χ1v) is 9.51. The fourth-order valence-electron chi connectivity index (χ4n) is 3.89. The molecule has 29 heavy (non-hydrogen) atoms. The molecule has 2 saturated heterocycles. The summed E-state index contributed by atoms with van der Waals surface area (Å²) in [6.45, 7) is 4.72. The molecule has 0 spiro atoms. The first-order valence-electron chi connectivity index (χ1n) is 9.51. The lowest BCUT2D eigenvalue weighted by atomic mass is 9.95. The van der Waals surface area contributed by atoms with Gasteiger partial charge in [-0.15, -0.1) is 0 Å². The molecule has 0 radical (unpaired) electrons. The Morgan fingerprint density at radius 2 is 2.07 bits per heavy atom. The number of rotatable bonds is 3. The highest BCUT2D eigenvalue weighted by molar-refractivity contribution is 6.00. The lowest BCUT2D eigenvalue weighted by molar-refractivity contribution is 0.0853. The van der Waals surface area contributed by atoms with E-state index < -0.39 is 18.2 Å². The number of carbonyl (C=O) groups is 2. The van der Waals surface area contributed by atoms with Crippen LogP contribution in [0.25, 0.3) is 5.57 Å². The largest absolute Gasteiger partial charge is 0.506 e. The van der Waals surface area contributed by atoms with Crippen molar-refractivity contribution in [2.24, 2.45) is 4.99 Å². The van der Waals surface area contributed by atoms with E-state index in [1.54, 1.807) is 24.0 Å². The number of nitrogens with zero attached hydrogens (tertiary/aromatic N) is 3. The molecule has 154 valence electrons. The SMILES string of the molecule is CC1=C(c2ccc(N3C(=O)OC(CO)C3C)c(O)c2)CN=C(N2CCOC2=O)C1. The Balaban J connectivity index is 1.56. The van der Waals surface area contributed by atoms with Gasteiger partial charge in [-0.25, -0.2) is 9.59 Å². The highest BCUT2D eigenvalue weighted by atomic mass is 16.6. The summed E-state index contributed by atoms with van der Waals surface area (Å²) in [4.78, 5) is 31.3. The number of amides is 2. The van der Waals surface area contributed by atoms with Crippen molar-refractivity contribution in [1.29, 1.82) is 0 Å². The van der Waals surface area contributed by atoms with E-state index in [-0.39, 0.29) is 18.4 Å². The molecule has 0 aliphatic carbocycles. The molecule has 3 aliphatic heterocycles. The van der Waals surface area contributed by atoms with Crippen LogP contribution in [0.2, 0.25) is 0 Å². The summed E-state index contributed by atoms with van der Waals surface area (Å²) in [5.41, 5.74) is 3.15. The minimum absolute atomic E-state index is 0.0527. The van der Waals surface area contributed by atoms with Crippen LogP contribution in [0.15, 0.2) is 28.8 Å². The van der Waals surface area contributed by atoms with Gasteiger partial charge < -0.3 is 19.7 Å². The Morgan fingerprint density at radius 3 is 2.66 bits per heavy atom. The number of aliphatic hydroxyl groups is 1. The molecule has 2 amide bonds. The Kier molecular flexibility index (Phi) is 4.91. The van der Waals surface area contributed by atoms with Gasteiger partial charge in [0, 0.05) is 6.42 Å². The maximum Gasteiger partial charge on any atom is 0.415 e. The van der Waals surface area contributed by atoms with Gasteiger partial charge >= 0.3 is 12.2 Å². The molecule has 2 fully saturated rings. The van der Waals surface area contributed by atoms with Crippen molar-refractivity contribution in [2.75, 3.05) is 31.2 Å². The normalized spacial score (nSPS) is 24.7. The molecule has 1 aromatic carbocycles. The minimum atomic E-state index is -0.630. The number of phenolic OH excluding ortho intramolecular Hbond substituents is 1. The zero-order chi connectivity index (χ0) is 20.7. The van der Waals surface area contributed by atoms with Gasteiger partial charge in [0.05, 0.1) is 31.4 Å². The van der Waals surface area contributed by atoms with Crippen LogP contribution in [0, 0.1) is 0 Å². The molecule has 9 heteroatoms. The van der Waals surface area contributed by atoms with E-state index in [1.165, 1.54) is 4.90 Å². The maximum atomic E-state index is 12.1. The predicted octanol–water partition coefficient (Wildman–Crippen LogP) is 2.13. The van der Waals surface area contributed by atoms with Crippen LogP contribution in [-0.2, 0) is 9.47 Å². The van der Waals surface area contributed by atoms with Crippen LogP contribution in [0.4, 0.5) is 15.3 Å². The monoisotopic (exact) mass is 401 g/mol. The molecule has 3 heterocycles. The number of hydrogen-bond acceptors (Lipinski definition) is 7. The zero-order valence-electron chi connectivity index (χ0n) is 16.3. The molecule has 0 bridgehead atoms. The van der Waals surface area contributed by atoms with Crippen LogP contribution < -0.4 is 4.90 Å². The van der Waals surface area contributed by atoms with Crippen LogP contribution in [0.5, 0.6) is 5.75 Å². The Bertz CT molecular complexity index is 925. The number of ether oxygens (including phenoxy) is 2. The third-order valence-electron chi connectivity index (χ3n) is 5.59. The van der Waals surface area contributed by atoms with E-state index in [2.05, 4.69) is 4.99 Å². The van der Waals surface area contributed by atoms with Gasteiger partial charge in [-0.05, 0) is 37.1 Å². The summed E-state index contributed by atoms with van der Waals surface area (Å²) in [5.74, 6) is 0.640. The second-order valence-corrected chi connectivity index (χ2v) is 7.35. The van der Waals surface area contributed by atoms with Gasteiger partial charge in [-0.1, -0.05) is 11.6 Å². The van der Waals surface area contributed by atoms with Crippen molar-refractivity contribution < 1.29 is 29.3 Å². The third-order valence-corrected chi connectivity index (χ3v) is 5.59. The molecule has 2 atom stereocenters. The fourth-order valence-corrected chi connectivity index (χ4v) is 3.89. The molecule has 9 nitrogen and oxygen atoms in total. The third kappa shape index (κ3) is 3.31. The smallest absolute Gasteiger partial charge is 0.415 e. The summed E-state index contributed by atoms with van der Waals surface area (Å²) < 4.78 is 10.1. The average molecular weight is 401 g/mol. The van der Waals surface area contributed by atoms with Crippen LogP contribution in [0.1, 0.15) is 25.8 Å². The van der Waals surface area contributed by atoms with Crippen LogP contribution >= 0.6 is 0 Å². The van der Waals surface area contributed by atoms with Crippen molar-refractivity contribution in [3.63, 3.8) is 0 Å². The summed E-state index contributed by atoms with van der Waals surface area (Å²) in [6, 6.07) is 4.70. The number of aliphatic hydroxyl groups excluding tert-OH is 1. The van der Waals surface area contributed by atoms with E-state index in [4.69, 9.17) is 9.47 Å². The number of anilines is 1. The first-order chi connectivity index (χ1) is 13.9. The lowest BCUT2D eigenvalue weighted by Crippen LogP contribution is -2.35. The number of carbonyl (C=O) groups excluding carboxylic acids is 2. The molecule has 0 saturated carbocycles. The molecule has 2 N–H and O–H groups in total. The number of aromatic hydroxyl groups is 1. The summed E-state index contributed by atoms with van der Waals surface area (Å²) in [5, 5.41) is 19.9. The highest BCUT2D eigenvalue weighted by Crippen LogP contribution is 2.37. The van der Waals surface area contributed by atoms with Gasteiger partial charge in [-0.2, -0.15) is 0 Å². The van der Waals surface area contributed by atoms with E-state index in [0.29, 0.717) is 37.6 Å². The second kappa shape index (κ2) is 7.40. The molecule has 4 rings (SSSR count). The molecule has 3 aliphatic rings. The minimum Gasteiger partial charge on any atom is -0.506 e. The van der Waals surface area contributed by atoms with E-state index in [1.807, 2.05) is 13.0 Å². The highest BCUT2D eigenvalue weighted by Gasteiger charge is 2.40. The Morgan fingerprint density at radius 1 is 1.28 bits per heavy atom. The van der Waals surface area contributed by atoms with Gasteiger partial charge in [0.25, 0.3) is 0 Å². The number of cyclic esters (lactones) is 2. The predicted molar refractivity (Wildman–Crippen MR) is 105 cm³/mol. The number of amidine groups is 1. The summed E-state index contributed by atoms with van der Waals surface area (Å²) in [7, 11) is 0. The van der Waals surface area contributed by atoms with Crippen molar-refractivity contribution in [1.82, 2.24) is 4.90 Å². The topological polar surface area (TPSA) is 112 Å². The van der Waals surface area contributed by atoms with Gasteiger partial charge in [-0.3, -0.25) is 14.8 Å². The molecule has 1 aromatic rings. The van der Waals surface area contributed by atoms with E-state index >= 15 is 0 Å². The number of hydrogen-bond donors (Lipinski definition) is 2. The van der Waals surface area contributed by atoms with Crippen molar-refractivity contribution in [2.45, 2.75) is 32.4 Å². The fraction of sp³-hybridized carbons (Fsp3) is 0.450. The quantitative estimate of drug-likeness (QED) is 0.802. The molecular formula is C20H23N3O6. The first kappa shape index (κ1) is 19.3.